The molecular weight excluding hydrogens is 184 g/mol. The van der Waals surface area contributed by atoms with E-state index in [4.69, 9.17) is 14.6 Å². The Morgan fingerprint density at radius 1 is 1.21 bits per heavy atom. The molecule has 74 valence electrons. The molecule has 1 heterocycles. The number of carboxylic acid groups (broad SMARTS) is 1. The van der Waals surface area contributed by atoms with Crippen LogP contribution in [0.15, 0.2) is 24.3 Å². The minimum Gasteiger partial charge on any atom is -0.477 e. The van der Waals surface area contributed by atoms with Crippen molar-refractivity contribution < 1.29 is 19.4 Å². The summed E-state index contributed by atoms with van der Waals surface area (Å²) in [5.41, 5.74) is 1.97. The molecular formula is C10H10O4. The first-order valence-corrected chi connectivity index (χ1v) is 4.30. The van der Waals surface area contributed by atoms with Gasteiger partial charge in [0.1, 0.15) is 0 Å². The number of aliphatic carboxylic acids is 1. The lowest BCUT2D eigenvalue weighted by Gasteiger charge is -2.08. The second kappa shape index (κ2) is 3.77. The highest BCUT2D eigenvalue weighted by Gasteiger charge is 2.22. The second-order valence-electron chi connectivity index (χ2n) is 3.06. The van der Waals surface area contributed by atoms with Crippen molar-refractivity contribution in [3.63, 3.8) is 0 Å². The van der Waals surface area contributed by atoms with Crippen molar-refractivity contribution in [2.24, 2.45) is 0 Å². The van der Waals surface area contributed by atoms with Gasteiger partial charge in [-0.2, -0.15) is 0 Å². The van der Waals surface area contributed by atoms with E-state index in [1.54, 1.807) is 0 Å². The van der Waals surface area contributed by atoms with Gasteiger partial charge >= 0.3 is 5.97 Å². The van der Waals surface area contributed by atoms with Crippen LogP contribution in [0.3, 0.4) is 0 Å². The van der Waals surface area contributed by atoms with Gasteiger partial charge in [-0.3, -0.25) is 0 Å². The van der Waals surface area contributed by atoms with Gasteiger partial charge in [0, 0.05) is 0 Å². The fourth-order valence-electron chi connectivity index (χ4n) is 1.36. The van der Waals surface area contributed by atoms with Crippen molar-refractivity contribution in [3.8, 4) is 0 Å². The summed E-state index contributed by atoms with van der Waals surface area (Å²) >= 11 is 0. The van der Waals surface area contributed by atoms with Gasteiger partial charge in [-0.05, 0) is 11.1 Å². The molecule has 0 aliphatic carbocycles. The second-order valence-corrected chi connectivity index (χ2v) is 3.06. The van der Waals surface area contributed by atoms with Crippen LogP contribution in [0.4, 0.5) is 0 Å². The Morgan fingerprint density at radius 2 is 1.71 bits per heavy atom. The third-order valence-corrected chi connectivity index (χ3v) is 2.10. The molecule has 0 saturated carbocycles. The van der Waals surface area contributed by atoms with Crippen molar-refractivity contribution in [2.45, 2.75) is 19.5 Å². The minimum atomic E-state index is -1.15. The summed E-state index contributed by atoms with van der Waals surface area (Å²) < 4.78 is 10.1. The first-order chi connectivity index (χ1) is 6.77. The molecule has 0 atom stereocenters. The predicted molar refractivity (Wildman–Crippen MR) is 47.4 cm³/mol. The molecule has 0 aromatic heterocycles. The molecule has 0 bridgehead atoms. The lowest BCUT2D eigenvalue weighted by Crippen LogP contribution is -2.25. The van der Waals surface area contributed by atoms with E-state index in [2.05, 4.69) is 0 Å². The molecule has 2 rings (SSSR count). The summed E-state index contributed by atoms with van der Waals surface area (Å²) in [4.78, 5) is 10.6. The Morgan fingerprint density at radius 3 is 2.14 bits per heavy atom. The van der Waals surface area contributed by atoms with Crippen molar-refractivity contribution in [1.82, 2.24) is 0 Å². The normalized spacial score (nSPS) is 17.1. The first kappa shape index (κ1) is 9.18. The zero-order chi connectivity index (χ0) is 9.97. The molecule has 0 fully saturated rings. The number of rotatable bonds is 1. The quantitative estimate of drug-likeness (QED) is 0.728. The summed E-state index contributed by atoms with van der Waals surface area (Å²) in [7, 11) is 0. The Hall–Kier alpha value is -1.39. The highest BCUT2D eigenvalue weighted by Crippen LogP contribution is 2.17. The van der Waals surface area contributed by atoms with Crippen LogP contribution in [0.1, 0.15) is 11.1 Å². The molecule has 1 aliphatic rings. The summed E-state index contributed by atoms with van der Waals surface area (Å²) in [6.07, 6.45) is -1.15. The largest absolute Gasteiger partial charge is 0.477 e. The van der Waals surface area contributed by atoms with Crippen LogP contribution < -0.4 is 0 Å². The number of hydrogen-bond acceptors (Lipinski definition) is 3. The van der Waals surface area contributed by atoms with E-state index in [9.17, 15) is 4.79 Å². The Kier molecular flexibility index (Phi) is 2.47. The zero-order valence-corrected chi connectivity index (χ0v) is 7.47. The van der Waals surface area contributed by atoms with Crippen LogP contribution in [-0.2, 0) is 27.5 Å². The Bertz CT molecular complexity index is 321. The topological polar surface area (TPSA) is 55.8 Å². The van der Waals surface area contributed by atoms with Gasteiger partial charge in [0.15, 0.2) is 0 Å². The number of fused-ring (bicyclic) bond motifs is 1. The Labute approximate surface area is 81.1 Å². The lowest BCUT2D eigenvalue weighted by molar-refractivity contribution is -0.192. The summed E-state index contributed by atoms with van der Waals surface area (Å²) in [5.74, 6) is -1.09. The van der Waals surface area contributed by atoms with E-state index >= 15 is 0 Å². The van der Waals surface area contributed by atoms with Crippen molar-refractivity contribution in [1.29, 1.82) is 0 Å². The molecule has 0 spiro atoms. The van der Waals surface area contributed by atoms with E-state index in [0.717, 1.165) is 11.1 Å². The molecule has 0 unspecified atom stereocenters. The fraction of sp³-hybridized carbons (Fsp3) is 0.300. The maximum absolute atomic E-state index is 10.6. The first-order valence-electron chi connectivity index (χ1n) is 4.30. The summed E-state index contributed by atoms with van der Waals surface area (Å²) in [5, 5.41) is 8.69. The average molecular weight is 194 g/mol. The van der Waals surface area contributed by atoms with Crippen LogP contribution in [0, 0.1) is 0 Å². The summed E-state index contributed by atoms with van der Waals surface area (Å²) in [6, 6.07) is 7.60. The zero-order valence-electron chi connectivity index (χ0n) is 7.47. The number of benzene rings is 1. The van der Waals surface area contributed by atoms with E-state index in [1.165, 1.54) is 0 Å². The van der Waals surface area contributed by atoms with Gasteiger partial charge in [0.05, 0.1) is 13.2 Å². The number of carboxylic acids is 1. The van der Waals surface area contributed by atoms with Gasteiger partial charge in [0.25, 0.3) is 6.29 Å². The number of carbonyl (C=O) groups is 1. The summed E-state index contributed by atoms with van der Waals surface area (Å²) in [6.45, 7) is 0.570. The predicted octanol–water partition coefficient (Wildman–Crippen LogP) is 1.14. The molecule has 1 aliphatic heterocycles. The van der Waals surface area contributed by atoms with Crippen molar-refractivity contribution >= 4 is 5.97 Å². The SMILES string of the molecule is O=C(O)C1OCc2ccccc2CO1. The van der Waals surface area contributed by atoms with Crippen molar-refractivity contribution in [2.75, 3.05) is 0 Å². The van der Waals surface area contributed by atoms with E-state index in [1.807, 2.05) is 24.3 Å². The van der Waals surface area contributed by atoms with E-state index in [-0.39, 0.29) is 13.2 Å². The van der Waals surface area contributed by atoms with Gasteiger partial charge < -0.3 is 14.6 Å². The average Bonchev–Trinajstić information content (AvgIpc) is 2.39. The van der Waals surface area contributed by atoms with Crippen LogP contribution in [0.5, 0.6) is 0 Å². The molecule has 0 radical (unpaired) electrons. The molecule has 14 heavy (non-hydrogen) atoms. The number of hydrogen-bond donors (Lipinski definition) is 1. The Balaban J connectivity index is 2.18. The fourth-order valence-corrected chi connectivity index (χ4v) is 1.36. The van der Waals surface area contributed by atoms with E-state index in [0.29, 0.717) is 0 Å². The van der Waals surface area contributed by atoms with Crippen LogP contribution in [0.2, 0.25) is 0 Å². The molecule has 1 N–H and O–H groups in total. The van der Waals surface area contributed by atoms with Gasteiger partial charge in [-0.15, -0.1) is 0 Å². The van der Waals surface area contributed by atoms with Gasteiger partial charge in [-0.1, -0.05) is 24.3 Å². The smallest absolute Gasteiger partial charge is 0.361 e. The van der Waals surface area contributed by atoms with Crippen LogP contribution in [0.25, 0.3) is 0 Å². The third-order valence-electron chi connectivity index (χ3n) is 2.10. The van der Waals surface area contributed by atoms with Gasteiger partial charge in [-0.25, -0.2) is 4.79 Å². The molecule has 0 amide bonds. The maximum Gasteiger partial charge on any atom is 0.361 e. The lowest BCUT2D eigenvalue weighted by atomic mass is 10.1. The molecule has 4 heteroatoms. The highest BCUT2D eigenvalue weighted by molar-refractivity contribution is 5.70. The molecule has 1 aromatic rings. The van der Waals surface area contributed by atoms with E-state index < -0.39 is 12.3 Å². The highest BCUT2D eigenvalue weighted by atomic mass is 16.7. The minimum absolute atomic E-state index is 0.285. The van der Waals surface area contributed by atoms with Crippen molar-refractivity contribution in [3.05, 3.63) is 35.4 Å². The molecule has 0 saturated heterocycles. The van der Waals surface area contributed by atoms with Gasteiger partial charge in [0.2, 0.25) is 0 Å². The standard InChI is InChI=1S/C10H10O4/c11-9(12)10-13-5-7-3-1-2-4-8(7)6-14-10/h1-4,10H,5-6H2,(H,11,12). The monoisotopic (exact) mass is 194 g/mol. The molecule has 4 nitrogen and oxygen atoms in total. The van der Waals surface area contributed by atoms with Crippen LogP contribution in [-0.4, -0.2) is 17.4 Å². The number of ether oxygens (including phenoxy) is 2. The van der Waals surface area contributed by atoms with Crippen LogP contribution >= 0.6 is 0 Å². The third kappa shape index (κ3) is 1.76. The maximum atomic E-state index is 10.6. The molecule has 1 aromatic carbocycles.